The Kier molecular flexibility index (Phi) is 6.17. The number of nitrogens with one attached hydrogen (secondary N) is 1. The van der Waals surface area contributed by atoms with Gasteiger partial charge in [0.2, 0.25) is 0 Å². The molecule has 2 aromatic rings. The number of ether oxygens (including phenoxy) is 2. The first-order chi connectivity index (χ1) is 11.4. The minimum atomic E-state index is -0.297. The van der Waals surface area contributed by atoms with Crippen LogP contribution in [0, 0.1) is 0 Å². The Balaban J connectivity index is 2.12. The number of urea groups is 1. The number of hydrogen-bond acceptors (Lipinski definition) is 3. The molecule has 0 aliphatic heterocycles. The van der Waals surface area contributed by atoms with Gasteiger partial charge in [0.25, 0.3) is 0 Å². The third-order valence-electron chi connectivity index (χ3n) is 3.37. The number of hydrogen-bond donors (Lipinski definition) is 1. The van der Waals surface area contributed by atoms with Crippen LogP contribution in [-0.2, 0) is 6.54 Å². The Morgan fingerprint density at radius 3 is 2.46 bits per heavy atom. The van der Waals surface area contributed by atoms with Gasteiger partial charge >= 0.3 is 6.03 Å². The average molecular weight is 369 g/mol. The second kappa shape index (κ2) is 8.13. The second-order valence-electron chi connectivity index (χ2n) is 5.10. The molecule has 0 atom stereocenters. The molecular weight excluding hydrogens is 351 g/mol. The van der Waals surface area contributed by atoms with E-state index in [9.17, 15) is 4.79 Å². The summed E-state index contributed by atoms with van der Waals surface area (Å²) in [5.74, 6) is 0.930. The van der Waals surface area contributed by atoms with Crippen molar-refractivity contribution in [2.45, 2.75) is 6.54 Å². The highest BCUT2D eigenvalue weighted by Crippen LogP contribution is 2.36. The number of carbonyl (C=O) groups is 1. The normalized spacial score (nSPS) is 10.2. The summed E-state index contributed by atoms with van der Waals surface area (Å²) in [5, 5.41) is 3.79. The second-order valence-corrected chi connectivity index (χ2v) is 5.95. The van der Waals surface area contributed by atoms with Crippen LogP contribution in [0.1, 0.15) is 5.56 Å². The molecule has 0 aliphatic carbocycles. The van der Waals surface area contributed by atoms with Gasteiger partial charge in [-0.15, -0.1) is 0 Å². The molecule has 1 N–H and O–H groups in total. The highest BCUT2D eigenvalue weighted by Gasteiger charge is 2.15. The van der Waals surface area contributed by atoms with Gasteiger partial charge in [0.15, 0.2) is 0 Å². The minimum Gasteiger partial charge on any atom is -0.495 e. The molecule has 128 valence electrons. The van der Waals surface area contributed by atoms with Crippen LogP contribution in [0.5, 0.6) is 11.5 Å². The van der Waals surface area contributed by atoms with Crippen molar-refractivity contribution in [1.29, 1.82) is 0 Å². The molecule has 0 aromatic heterocycles. The van der Waals surface area contributed by atoms with Crippen molar-refractivity contribution >= 4 is 34.9 Å². The molecular formula is C17H18Cl2N2O3. The van der Waals surface area contributed by atoms with Crippen molar-refractivity contribution in [1.82, 2.24) is 4.90 Å². The summed E-state index contributed by atoms with van der Waals surface area (Å²) in [5.41, 5.74) is 1.39. The Morgan fingerprint density at radius 2 is 1.83 bits per heavy atom. The maximum Gasteiger partial charge on any atom is 0.321 e. The predicted molar refractivity (Wildman–Crippen MR) is 96.5 cm³/mol. The number of carbonyl (C=O) groups excluding carboxylic acids is 1. The van der Waals surface area contributed by atoms with E-state index >= 15 is 0 Å². The Morgan fingerprint density at radius 1 is 1.12 bits per heavy atom. The van der Waals surface area contributed by atoms with Crippen LogP contribution in [-0.4, -0.2) is 32.2 Å². The summed E-state index contributed by atoms with van der Waals surface area (Å²) in [7, 11) is 4.71. The van der Waals surface area contributed by atoms with E-state index in [0.717, 1.165) is 5.56 Å². The third-order valence-corrected chi connectivity index (χ3v) is 3.90. The van der Waals surface area contributed by atoms with Crippen molar-refractivity contribution < 1.29 is 14.3 Å². The molecule has 0 unspecified atom stereocenters. The van der Waals surface area contributed by atoms with Gasteiger partial charge in [-0.25, -0.2) is 4.79 Å². The van der Waals surface area contributed by atoms with Crippen LogP contribution >= 0.6 is 23.2 Å². The molecule has 0 fully saturated rings. The third kappa shape index (κ3) is 4.46. The molecule has 2 amide bonds. The maximum absolute atomic E-state index is 12.4. The number of methoxy groups -OCH3 is 2. The van der Waals surface area contributed by atoms with Gasteiger partial charge in [0.05, 0.1) is 24.9 Å². The van der Waals surface area contributed by atoms with Gasteiger partial charge in [-0.1, -0.05) is 35.3 Å². The first-order valence-corrected chi connectivity index (χ1v) is 7.88. The number of amides is 2. The van der Waals surface area contributed by atoms with Gasteiger partial charge in [-0.3, -0.25) is 0 Å². The van der Waals surface area contributed by atoms with Crippen molar-refractivity contribution in [3.05, 3.63) is 52.0 Å². The van der Waals surface area contributed by atoms with Gasteiger partial charge in [-0.2, -0.15) is 0 Å². The summed E-state index contributed by atoms with van der Waals surface area (Å²) in [6, 6.07) is 10.3. The van der Waals surface area contributed by atoms with Gasteiger partial charge in [0.1, 0.15) is 11.5 Å². The van der Waals surface area contributed by atoms with E-state index in [-0.39, 0.29) is 6.03 Å². The molecule has 5 nitrogen and oxygen atoms in total. The topological polar surface area (TPSA) is 50.8 Å². The fraction of sp³-hybridized carbons (Fsp3) is 0.235. The quantitative estimate of drug-likeness (QED) is 0.833. The molecule has 2 rings (SSSR count). The molecule has 24 heavy (non-hydrogen) atoms. The lowest BCUT2D eigenvalue weighted by Gasteiger charge is -2.20. The standard InChI is InChI=1S/C17H18Cl2N2O3/c1-21(10-11-5-4-6-12(18)7-11)17(22)20-14-8-13(19)15(23-2)9-16(14)24-3/h4-9H,10H2,1-3H3,(H,20,22). The van der Waals surface area contributed by atoms with E-state index in [0.29, 0.717) is 33.8 Å². The smallest absolute Gasteiger partial charge is 0.321 e. The molecule has 0 radical (unpaired) electrons. The SMILES string of the molecule is COc1cc(OC)c(NC(=O)N(C)Cc2cccc(Cl)c2)cc1Cl. The lowest BCUT2D eigenvalue weighted by Crippen LogP contribution is -2.31. The lowest BCUT2D eigenvalue weighted by molar-refractivity contribution is 0.220. The number of benzene rings is 2. The molecule has 0 aliphatic rings. The molecule has 2 aromatic carbocycles. The molecule has 0 heterocycles. The van der Waals surface area contributed by atoms with E-state index in [4.69, 9.17) is 32.7 Å². The van der Waals surface area contributed by atoms with Crippen molar-refractivity contribution in [2.75, 3.05) is 26.6 Å². The van der Waals surface area contributed by atoms with E-state index in [1.807, 2.05) is 18.2 Å². The van der Waals surface area contributed by atoms with Crippen LogP contribution in [0.25, 0.3) is 0 Å². The summed E-state index contributed by atoms with van der Waals surface area (Å²) in [4.78, 5) is 13.9. The predicted octanol–water partition coefficient (Wildman–Crippen LogP) is 4.67. The number of anilines is 1. The number of nitrogens with zero attached hydrogens (tertiary/aromatic N) is 1. The summed E-state index contributed by atoms with van der Waals surface area (Å²) >= 11 is 12.1. The van der Waals surface area contributed by atoms with Crippen LogP contribution in [0.4, 0.5) is 10.5 Å². The fourth-order valence-electron chi connectivity index (χ4n) is 2.15. The Labute approximate surface area is 151 Å². The summed E-state index contributed by atoms with van der Waals surface area (Å²) in [6.07, 6.45) is 0. The van der Waals surface area contributed by atoms with Crippen LogP contribution in [0.15, 0.2) is 36.4 Å². The van der Waals surface area contributed by atoms with E-state index in [1.165, 1.54) is 19.1 Å². The molecule has 0 spiro atoms. The number of halogens is 2. The first-order valence-electron chi connectivity index (χ1n) is 7.12. The summed E-state index contributed by atoms with van der Waals surface area (Å²) < 4.78 is 10.4. The monoisotopic (exact) mass is 368 g/mol. The molecule has 0 saturated heterocycles. The van der Waals surface area contributed by atoms with Crippen molar-refractivity contribution in [3.8, 4) is 11.5 Å². The number of rotatable bonds is 5. The van der Waals surface area contributed by atoms with Gasteiger partial charge in [-0.05, 0) is 23.8 Å². The zero-order valence-electron chi connectivity index (χ0n) is 13.6. The lowest BCUT2D eigenvalue weighted by atomic mass is 10.2. The first kappa shape index (κ1) is 18.2. The zero-order chi connectivity index (χ0) is 17.7. The molecule has 0 bridgehead atoms. The fourth-order valence-corrected chi connectivity index (χ4v) is 2.60. The van der Waals surface area contributed by atoms with Crippen molar-refractivity contribution in [2.24, 2.45) is 0 Å². The zero-order valence-corrected chi connectivity index (χ0v) is 15.1. The molecule has 0 saturated carbocycles. The van der Waals surface area contributed by atoms with Gasteiger partial charge in [0, 0.05) is 24.7 Å². The molecule has 7 heteroatoms. The van der Waals surface area contributed by atoms with E-state index in [1.54, 1.807) is 25.2 Å². The highest BCUT2D eigenvalue weighted by molar-refractivity contribution is 6.32. The maximum atomic E-state index is 12.4. The summed E-state index contributed by atoms with van der Waals surface area (Å²) in [6.45, 7) is 0.415. The van der Waals surface area contributed by atoms with Gasteiger partial charge < -0.3 is 19.7 Å². The average Bonchev–Trinajstić information content (AvgIpc) is 2.55. The van der Waals surface area contributed by atoms with Crippen LogP contribution in [0.3, 0.4) is 0 Å². The highest BCUT2D eigenvalue weighted by atomic mass is 35.5. The Hall–Kier alpha value is -2.11. The largest absolute Gasteiger partial charge is 0.495 e. The van der Waals surface area contributed by atoms with E-state index in [2.05, 4.69) is 5.32 Å². The minimum absolute atomic E-state index is 0.297. The Bertz CT molecular complexity index is 738. The van der Waals surface area contributed by atoms with E-state index < -0.39 is 0 Å². The van der Waals surface area contributed by atoms with Crippen LogP contribution in [0.2, 0.25) is 10.0 Å². The van der Waals surface area contributed by atoms with Crippen molar-refractivity contribution in [3.63, 3.8) is 0 Å². The van der Waals surface area contributed by atoms with Crippen LogP contribution < -0.4 is 14.8 Å².